The van der Waals surface area contributed by atoms with Gasteiger partial charge in [0.15, 0.2) is 0 Å². The van der Waals surface area contributed by atoms with E-state index in [9.17, 15) is 9.59 Å². The molecule has 0 aromatic carbocycles. The fourth-order valence-corrected chi connectivity index (χ4v) is 3.91. The van der Waals surface area contributed by atoms with Crippen LogP contribution in [0.2, 0.25) is 0 Å². The summed E-state index contributed by atoms with van der Waals surface area (Å²) in [6.45, 7) is 8.07. The third-order valence-corrected chi connectivity index (χ3v) is 6.27. The van der Waals surface area contributed by atoms with E-state index in [1.807, 2.05) is 6.92 Å². The molecule has 0 radical (unpaired) electrons. The van der Waals surface area contributed by atoms with Crippen molar-refractivity contribution >= 4 is 11.9 Å². The molecule has 0 fully saturated rings. The van der Waals surface area contributed by atoms with Crippen molar-refractivity contribution in [3.8, 4) is 0 Å². The third-order valence-electron chi connectivity index (χ3n) is 6.27. The van der Waals surface area contributed by atoms with Crippen LogP contribution in [0.1, 0.15) is 163 Å². The quantitative estimate of drug-likeness (QED) is 0.0877. The highest BCUT2D eigenvalue weighted by atomic mass is 16.7. The number of ether oxygens (including phenoxy) is 2. The van der Waals surface area contributed by atoms with Gasteiger partial charge in [-0.05, 0) is 12.8 Å². The number of carbonyl (C=O) groups excluding carboxylic acids is 2. The summed E-state index contributed by atoms with van der Waals surface area (Å²) in [7, 11) is 0. The van der Waals surface area contributed by atoms with Crippen molar-refractivity contribution in [1.29, 1.82) is 0 Å². The molecule has 0 aliphatic heterocycles. The minimum absolute atomic E-state index is 0.256. The van der Waals surface area contributed by atoms with E-state index < -0.39 is 5.79 Å². The number of rotatable bonds is 23. The van der Waals surface area contributed by atoms with Gasteiger partial charge in [-0.3, -0.25) is 9.59 Å². The zero-order chi connectivity index (χ0) is 23.9. The maximum Gasteiger partial charge on any atom is 0.309 e. The minimum Gasteiger partial charge on any atom is -0.423 e. The Bertz CT molecular complexity index is 411. The molecule has 0 N–H and O–H groups in total. The molecule has 0 amide bonds. The topological polar surface area (TPSA) is 52.6 Å². The summed E-state index contributed by atoms with van der Waals surface area (Å²) < 4.78 is 11.1. The van der Waals surface area contributed by atoms with E-state index in [-0.39, 0.29) is 11.9 Å². The first-order valence-electron chi connectivity index (χ1n) is 13.9. The van der Waals surface area contributed by atoms with Crippen LogP contribution in [0.4, 0.5) is 0 Å². The van der Waals surface area contributed by atoms with E-state index in [4.69, 9.17) is 9.47 Å². The van der Waals surface area contributed by atoms with Gasteiger partial charge in [-0.1, -0.05) is 124 Å². The fraction of sp³-hybridized carbons (Fsp3) is 0.929. The Balaban J connectivity index is 3.83. The van der Waals surface area contributed by atoms with Crippen molar-refractivity contribution in [2.24, 2.45) is 0 Å². The molecule has 0 aromatic heterocycles. The van der Waals surface area contributed by atoms with Crippen LogP contribution >= 0.6 is 0 Å². The fourth-order valence-electron chi connectivity index (χ4n) is 3.91. The lowest BCUT2D eigenvalue weighted by Gasteiger charge is -2.28. The van der Waals surface area contributed by atoms with Gasteiger partial charge in [0, 0.05) is 26.2 Å². The SMILES string of the molecule is CCCCCCCCCCCC(=O)OC(C)(CC)OC(=O)CCCCCCCCCCC. The zero-order valence-electron chi connectivity index (χ0n) is 22.0. The molecule has 0 unspecified atom stereocenters. The van der Waals surface area contributed by atoms with Crippen molar-refractivity contribution in [2.75, 3.05) is 0 Å². The van der Waals surface area contributed by atoms with Gasteiger partial charge < -0.3 is 9.47 Å². The minimum atomic E-state index is -1.13. The molecule has 0 bridgehead atoms. The van der Waals surface area contributed by atoms with Crippen molar-refractivity contribution < 1.29 is 19.1 Å². The number of hydrogen-bond acceptors (Lipinski definition) is 4. The average Bonchev–Trinajstić information content (AvgIpc) is 2.76. The van der Waals surface area contributed by atoms with Crippen molar-refractivity contribution in [3.63, 3.8) is 0 Å². The van der Waals surface area contributed by atoms with Crippen LogP contribution in [-0.4, -0.2) is 17.7 Å². The van der Waals surface area contributed by atoms with Crippen LogP contribution in [0, 0.1) is 0 Å². The second-order valence-corrected chi connectivity index (χ2v) is 9.59. The molecule has 0 saturated heterocycles. The Morgan fingerprint density at radius 3 is 1.06 bits per heavy atom. The summed E-state index contributed by atoms with van der Waals surface area (Å²) in [4.78, 5) is 24.4. The van der Waals surface area contributed by atoms with Crippen molar-refractivity contribution in [3.05, 3.63) is 0 Å². The van der Waals surface area contributed by atoms with E-state index in [0.717, 1.165) is 25.7 Å². The molecule has 0 atom stereocenters. The molecular weight excluding hydrogens is 400 g/mol. The lowest BCUT2D eigenvalue weighted by Crippen LogP contribution is -2.36. The highest BCUT2D eigenvalue weighted by Gasteiger charge is 2.30. The number of carbonyl (C=O) groups is 2. The van der Waals surface area contributed by atoms with Crippen LogP contribution < -0.4 is 0 Å². The van der Waals surface area contributed by atoms with E-state index >= 15 is 0 Å². The Labute approximate surface area is 199 Å². The van der Waals surface area contributed by atoms with Gasteiger partial charge >= 0.3 is 11.9 Å². The summed E-state index contributed by atoms with van der Waals surface area (Å²) in [5, 5.41) is 0. The van der Waals surface area contributed by atoms with Crippen LogP contribution in [0.3, 0.4) is 0 Å². The molecule has 0 aliphatic rings. The van der Waals surface area contributed by atoms with E-state index in [1.165, 1.54) is 89.9 Å². The molecule has 0 spiro atoms. The van der Waals surface area contributed by atoms with E-state index in [0.29, 0.717) is 19.3 Å². The van der Waals surface area contributed by atoms with Gasteiger partial charge in [-0.25, -0.2) is 0 Å². The maximum atomic E-state index is 12.2. The molecule has 0 aromatic rings. The molecule has 4 nitrogen and oxygen atoms in total. The van der Waals surface area contributed by atoms with Gasteiger partial charge in [-0.2, -0.15) is 0 Å². The van der Waals surface area contributed by atoms with Crippen LogP contribution in [0.15, 0.2) is 0 Å². The Morgan fingerprint density at radius 2 is 0.781 bits per heavy atom. The van der Waals surface area contributed by atoms with Crippen molar-refractivity contribution in [2.45, 2.75) is 168 Å². The second-order valence-electron chi connectivity index (χ2n) is 9.59. The molecule has 32 heavy (non-hydrogen) atoms. The predicted octanol–water partition coefficient (Wildman–Crippen LogP) is 9.04. The first-order valence-corrected chi connectivity index (χ1v) is 13.9. The first kappa shape index (κ1) is 30.9. The number of unbranched alkanes of at least 4 members (excludes halogenated alkanes) is 16. The molecular formula is C28H54O4. The standard InChI is InChI=1S/C28H54O4/c1-5-8-10-12-14-16-18-20-22-24-26(29)31-28(4,7-3)32-27(30)25-23-21-19-17-15-13-11-9-6-2/h5-25H2,1-4H3. The molecule has 0 heterocycles. The Morgan fingerprint density at radius 1 is 0.500 bits per heavy atom. The summed E-state index contributed by atoms with van der Waals surface area (Å²) in [5.41, 5.74) is 0. The smallest absolute Gasteiger partial charge is 0.309 e. The molecule has 0 rings (SSSR count). The predicted molar refractivity (Wildman–Crippen MR) is 135 cm³/mol. The van der Waals surface area contributed by atoms with Gasteiger partial charge in [-0.15, -0.1) is 0 Å². The lowest BCUT2D eigenvalue weighted by molar-refractivity contribution is -0.223. The largest absolute Gasteiger partial charge is 0.423 e. The normalized spacial score (nSPS) is 11.5. The molecule has 0 saturated carbocycles. The Kier molecular flexibility index (Phi) is 21.0. The van der Waals surface area contributed by atoms with Gasteiger partial charge in [0.05, 0.1) is 0 Å². The monoisotopic (exact) mass is 454 g/mol. The molecule has 190 valence electrons. The van der Waals surface area contributed by atoms with Crippen LogP contribution in [0.5, 0.6) is 0 Å². The Hall–Kier alpha value is -1.06. The van der Waals surface area contributed by atoms with Gasteiger partial charge in [0.25, 0.3) is 5.79 Å². The van der Waals surface area contributed by atoms with Gasteiger partial charge in [0.1, 0.15) is 0 Å². The molecule has 0 aliphatic carbocycles. The summed E-state index contributed by atoms with van der Waals surface area (Å²) in [5.74, 6) is -1.64. The third kappa shape index (κ3) is 19.6. The summed E-state index contributed by atoms with van der Waals surface area (Å²) >= 11 is 0. The lowest BCUT2D eigenvalue weighted by atomic mass is 10.1. The highest BCUT2D eigenvalue weighted by Crippen LogP contribution is 2.21. The highest BCUT2D eigenvalue weighted by molar-refractivity contribution is 5.72. The number of esters is 2. The van der Waals surface area contributed by atoms with Crippen LogP contribution in [-0.2, 0) is 19.1 Å². The summed E-state index contributed by atoms with van der Waals surface area (Å²) in [6.07, 6.45) is 23.1. The average molecular weight is 455 g/mol. The van der Waals surface area contributed by atoms with E-state index in [2.05, 4.69) is 13.8 Å². The maximum absolute atomic E-state index is 12.2. The van der Waals surface area contributed by atoms with Crippen molar-refractivity contribution in [1.82, 2.24) is 0 Å². The molecule has 4 heteroatoms. The first-order chi connectivity index (χ1) is 15.5. The zero-order valence-corrected chi connectivity index (χ0v) is 22.0. The second kappa shape index (κ2) is 21.8. The number of hydrogen-bond donors (Lipinski definition) is 0. The van der Waals surface area contributed by atoms with Gasteiger partial charge in [0.2, 0.25) is 0 Å². The summed E-state index contributed by atoms with van der Waals surface area (Å²) in [6, 6.07) is 0. The van der Waals surface area contributed by atoms with E-state index in [1.54, 1.807) is 6.92 Å². The van der Waals surface area contributed by atoms with Crippen LogP contribution in [0.25, 0.3) is 0 Å².